The summed E-state index contributed by atoms with van der Waals surface area (Å²) in [5.41, 5.74) is -0.760. The van der Waals surface area contributed by atoms with E-state index in [1.54, 1.807) is 13.8 Å². The molecule has 6 nitrogen and oxygen atoms in total. The topological polar surface area (TPSA) is 121 Å². The van der Waals surface area contributed by atoms with Crippen LogP contribution in [0.5, 0.6) is 0 Å². The molecule has 0 spiro atoms. The fraction of sp³-hybridized carbons (Fsp3) is 1.00. The molecule has 29 heavy (non-hydrogen) atoms. The lowest BCUT2D eigenvalue weighted by Crippen LogP contribution is -2.30. The second-order valence-corrected chi connectivity index (χ2v) is 9.52. The minimum atomic E-state index is -0.306. The maximum absolute atomic E-state index is 9.07. The highest BCUT2D eigenvalue weighted by atomic mass is 16.3. The van der Waals surface area contributed by atoms with Crippen LogP contribution < -0.4 is 0 Å². The number of aliphatic hydroxyl groups is 6. The molecule has 0 rings (SSSR count). The van der Waals surface area contributed by atoms with E-state index < -0.39 is 0 Å². The van der Waals surface area contributed by atoms with Gasteiger partial charge in [0.15, 0.2) is 0 Å². The van der Waals surface area contributed by atoms with Crippen LogP contribution in [-0.2, 0) is 0 Å². The average Bonchev–Trinajstić information content (AvgIpc) is 2.74. The SMILES string of the molecule is CC(C)(CO)CO.CCC(CO)(CO)CC(C)C.CCCCC(CC)(CO)CO. The smallest absolute Gasteiger partial charge is 0.0509 e. The third-order valence-electron chi connectivity index (χ3n) is 5.60. The second-order valence-electron chi connectivity index (χ2n) is 9.52. The van der Waals surface area contributed by atoms with Crippen molar-refractivity contribution >= 4 is 0 Å². The average molecular weight is 425 g/mol. The summed E-state index contributed by atoms with van der Waals surface area (Å²) in [4.78, 5) is 0. The van der Waals surface area contributed by atoms with E-state index in [9.17, 15) is 0 Å². The van der Waals surface area contributed by atoms with Crippen molar-refractivity contribution in [3.8, 4) is 0 Å². The van der Waals surface area contributed by atoms with Crippen molar-refractivity contribution in [1.82, 2.24) is 0 Å². The molecule has 0 amide bonds. The highest BCUT2D eigenvalue weighted by molar-refractivity contribution is 4.77. The van der Waals surface area contributed by atoms with E-state index in [1.807, 2.05) is 13.8 Å². The molecule has 0 saturated heterocycles. The van der Waals surface area contributed by atoms with Crippen LogP contribution in [0.15, 0.2) is 0 Å². The lowest BCUT2D eigenvalue weighted by atomic mass is 9.79. The fourth-order valence-corrected chi connectivity index (χ4v) is 2.62. The van der Waals surface area contributed by atoms with Gasteiger partial charge in [0.25, 0.3) is 0 Å². The first-order valence-electron chi connectivity index (χ1n) is 11.1. The van der Waals surface area contributed by atoms with Crippen LogP contribution >= 0.6 is 0 Å². The zero-order valence-corrected chi connectivity index (χ0v) is 20.2. The molecule has 0 aliphatic heterocycles. The first-order chi connectivity index (χ1) is 13.5. The third kappa shape index (κ3) is 16.2. The molecule has 0 radical (unpaired) electrons. The summed E-state index contributed by atoms with van der Waals surface area (Å²) in [6, 6.07) is 0. The van der Waals surface area contributed by atoms with Crippen LogP contribution in [0.4, 0.5) is 0 Å². The van der Waals surface area contributed by atoms with Crippen LogP contribution in [0.1, 0.15) is 87.0 Å². The minimum Gasteiger partial charge on any atom is -0.396 e. The summed E-state index contributed by atoms with van der Waals surface area (Å²) in [5, 5.41) is 53.1. The summed E-state index contributed by atoms with van der Waals surface area (Å²) < 4.78 is 0. The molecule has 0 heterocycles. The maximum Gasteiger partial charge on any atom is 0.0509 e. The predicted octanol–water partition coefficient (Wildman–Crippen LogP) is 2.97. The Morgan fingerprint density at radius 1 is 0.621 bits per heavy atom. The number of aliphatic hydroxyl groups excluding tert-OH is 6. The van der Waals surface area contributed by atoms with E-state index >= 15 is 0 Å². The molecular formula is C23H52O6. The molecule has 0 aliphatic rings. The Morgan fingerprint density at radius 2 is 1.00 bits per heavy atom. The van der Waals surface area contributed by atoms with E-state index in [-0.39, 0.29) is 55.9 Å². The van der Waals surface area contributed by atoms with Crippen molar-refractivity contribution in [1.29, 1.82) is 0 Å². The number of rotatable bonds is 13. The van der Waals surface area contributed by atoms with Crippen LogP contribution in [0.2, 0.25) is 0 Å². The van der Waals surface area contributed by atoms with Gasteiger partial charge in [0.1, 0.15) is 0 Å². The molecular weight excluding hydrogens is 372 g/mol. The fourth-order valence-electron chi connectivity index (χ4n) is 2.62. The molecule has 0 unspecified atom stereocenters. The van der Waals surface area contributed by atoms with E-state index in [4.69, 9.17) is 30.6 Å². The van der Waals surface area contributed by atoms with Crippen molar-refractivity contribution in [2.24, 2.45) is 22.2 Å². The van der Waals surface area contributed by atoms with Gasteiger partial charge in [-0.1, -0.05) is 61.3 Å². The monoisotopic (exact) mass is 424 g/mol. The molecule has 0 aromatic heterocycles. The Labute approximate surface area is 180 Å². The summed E-state index contributed by atoms with van der Waals surface area (Å²) in [5.74, 6) is 0.536. The Balaban J connectivity index is -0.000000360. The number of hydrogen-bond donors (Lipinski definition) is 6. The number of unbranched alkanes of at least 4 members (excludes halogenated alkanes) is 1. The Morgan fingerprint density at radius 3 is 1.14 bits per heavy atom. The second kappa shape index (κ2) is 18.5. The number of hydrogen-bond acceptors (Lipinski definition) is 6. The van der Waals surface area contributed by atoms with E-state index in [0.29, 0.717) is 5.92 Å². The molecule has 0 bridgehead atoms. The Kier molecular flexibility index (Phi) is 21.3. The van der Waals surface area contributed by atoms with E-state index in [1.165, 1.54) is 0 Å². The molecule has 0 aliphatic carbocycles. The van der Waals surface area contributed by atoms with Gasteiger partial charge in [0.2, 0.25) is 0 Å². The molecule has 0 aromatic rings. The molecule has 6 heteroatoms. The first-order valence-corrected chi connectivity index (χ1v) is 11.1. The third-order valence-corrected chi connectivity index (χ3v) is 5.60. The van der Waals surface area contributed by atoms with Crippen molar-refractivity contribution in [3.63, 3.8) is 0 Å². The van der Waals surface area contributed by atoms with Crippen LogP contribution in [0.25, 0.3) is 0 Å². The van der Waals surface area contributed by atoms with E-state index in [2.05, 4.69) is 20.8 Å². The van der Waals surface area contributed by atoms with Crippen LogP contribution in [-0.4, -0.2) is 70.3 Å². The van der Waals surface area contributed by atoms with Gasteiger partial charge in [0.05, 0.1) is 39.6 Å². The van der Waals surface area contributed by atoms with Gasteiger partial charge < -0.3 is 30.6 Å². The maximum atomic E-state index is 9.07. The van der Waals surface area contributed by atoms with Gasteiger partial charge in [-0.15, -0.1) is 0 Å². The van der Waals surface area contributed by atoms with Gasteiger partial charge in [-0.2, -0.15) is 0 Å². The zero-order chi connectivity index (χ0) is 23.6. The van der Waals surface area contributed by atoms with Gasteiger partial charge >= 0.3 is 0 Å². The normalized spacial score (nSPS) is 12.2. The lowest BCUT2D eigenvalue weighted by molar-refractivity contribution is 0.0336. The lowest BCUT2D eigenvalue weighted by Gasteiger charge is -2.29. The van der Waals surface area contributed by atoms with Gasteiger partial charge in [0, 0.05) is 16.2 Å². The largest absolute Gasteiger partial charge is 0.396 e. The van der Waals surface area contributed by atoms with Crippen LogP contribution in [0, 0.1) is 22.2 Å². The molecule has 0 fully saturated rings. The molecule has 6 N–H and O–H groups in total. The van der Waals surface area contributed by atoms with Gasteiger partial charge in [-0.3, -0.25) is 0 Å². The molecule has 0 aromatic carbocycles. The predicted molar refractivity (Wildman–Crippen MR) is 121 cm³/mol. The summed E-state index contributed by atoms with van der Waals surface area (Å²) in [7, 11) is 0. The Hall–Kier alpha value is -0.240. The summed E-state index contributed by atoms with van der Waals surface area (Å²) in [6.45, 7) is 14.5. The Bertz CT molecular complexity index is 314. The van der Waals surface area contributed by atoms with Crippen molar-refractivity contribution in [2.75, 3.05) is 39.6 Å². The summed E-state index contributed by atoms with van der Waals surface area (Å²) in [6.07, 6.45) is 5.76. The molecule has 0 atom stereocenters. The van der Waals surface area contributed by atoms with Crippen LogP contribution in [0.3, 0.4) is 0 Å². The van der Waals surface area contributed by atoms with E-state index in [0.717, 1.165) is 38.5 Å². The highest BCUT2D eigenvalue weighted by Crippen LogP contribution is 2.29. The van der Waals surface area contributed by atoms with Crippen molar-refractivity contribution in [2.45, 2.75) is 87.0 Å². The van der Waals surface area contributed by atoms with Gasteiger partial charge in [-0.05, 0) is 31.6 Å². The quantitative estimate of drug-likeness (QED) is 0.270. The zero-order valence-electron chi connectivity index (χ0n) is 20.2. The standard InChI is InChI=1S/2C9H20O2.C5H12O2/c1-4-9(6-10,7-11)5-8(2)3;1-3-5-6-9(4-2,7-10)8-11;1-5(2,3-6)4-7/h8,10-11H,4-7H2,1-3H3;10-11H,3-8H2,1-2H3;6-7H,3-4H2,1-2H3. The summed E-state index contributed by atoms with van der Waals surface area (Å²) >= 11 is 0. The molecule has 0 saturated carbocycles. The minimum absolute atomic E-state index is 0.0451. The van der Waals surface area contributed by atoms with Gasteiger partial charge in [-0.25, -0.2) is 0 Å². The first kappa shape index (κ1) is 33.4. The molecule has 180 valence electrons. The van der Waals surface area contributed by atoms with Crippen molar-refractivity contribution < 1.29 is 30.6 Å². The highest BCUT2D eigenvalue weighted by Gasteiger charge is 2.27. The van der Waals surface area contributed by atoms with Crippen molar-refractivity contribution in [3.05, 3.63) is 0 Å².